The van der Waals surface area contributed by atoms with Crippen LogP contribution in [-0.4, -0.2) is 16.1 Å². The molecule has 1 aliphatic rings. The number of fused-ring (bicyclic) bond motifs is 1. The summed E-state index contributed by atoms with van der Waals surface area (Å²) in [4.78, 5) is 12.2. The lowest BCUT2D eigenvalue weighted by atomic mass is 9.97. The van der Waals surface area contributed by atoms with E-state index in [0.29, 0.717) is 5.57 Å². The van der Waals surface area contributed by atoms with Crippen molar-refractivity contribution in [3.8, 4) is 0 Å². The van der Waals surface area contributed by atoms with E-state index in [1.165, 1.54) is 22.3 Å². The fourth-order valence-electron chi connectivity index (χ4n) is 3.47. The summed E-state index contributed by atoms with van der Waals surface area (Å²) in [7, 11) is 0. The van der Waals surface area contributed by atoms with E-state index in [2.05, 4.69) is 53.7 Å². The maximum absolute atomic E-state index is 12.2. The lowest BCUT2D eigenvalue weighted by Gasteiger charge is -2.09. The predicted molar refractivity (Wildman–Crippen MR) is 109 cm³/mol. The highest BCUT2D eigenvalue weighted by atomic mass is 16.2. The number of carbonyl (C=O) groups excluding carboxylic acids is 1. The summed E-state index contributed by atoms with van der Waals surface area (Å²) in [6.45, 7) is 6.40. The minimum absolute atomic E-state index is 0.103. The number of nitrogens with zero attached hydrogens (tertiary/aromatic N) is 1. The van der Waals surface area contributed by atoms with E-state index < -0.39 is 0 Å². The first-order valence-electron chi connectivity index (χ1n) is 9.00. The zero-order chi connectivity index (χ0) is 19.0. The number of hydrogen-bond donors (Lipinski definition) is 3. The summed E-state index contributed by atoms with van der Waals surface area (Å²) < 4.78 is 0. The molecule has 0 spiro atoms. The molecule has 136 valence electrons. The van der Waals surface area contributed by atoms with E-state index in [1.807, 2.05) is 30.3 Å². The first-order valence-corrected chi connectivity index (χ1v) is 9.00. The van der Waals surface area contributed by atoms with Crippen LogP contribution < -0.4 is 10.6 Å². The number of rotatable bonds is 4. The molecule has 0 saturated carbocycles. The van der Waals surface area contributed by atoms with Crippen LogP contribution in [0.1, 0.15) is 33.5 Å². The molecule has 4 rings (SSSR count). The summed E-state index contributed by atoms with van der Waals surface area (Å²) in [5, 5.41) is 13.4. The number of H-pyrrole nitrogens is 1. The van der Waals surface area contributed by atoms with Crippen molar-refractivity contribution >= 4 is 23.0 Å². The molecule has 0 radical (unpaired) electrons. The number of amides is 1. The Morgan fingerprint density at radius 1 is 1.11 bits per heavy atom. The fourth-order valence-corrected chi connectivity index (χ4v) is 3.47. The van der Waals surface area contributed by atoms with E-state index in [0.717, 1.165) is 29.2 Å². The molecule has 3 N–H and O–H groups in total. The zero-order valence-electron chi connectivity index (χ0n) is 15.7. The van der Waals surface area contributed by atoms with E-state index in [9.17, 15) is 4.79 Å². The number of aryl methyl sites for hydroxylation is 2. The number of nitrogens with one attached hydrogen (secondary N) is 3. The van der Waals surface area contributed by atoms with Crippen LogP contribution in [-0.2, 0) is 11.2 Å². The molecule has 1 aliphatic heterocycles. The molecule has 0 saturated heterocycles. The summed E-state index contributed by atoms with van der Waals surface area (Å²) in [6, 6.07) is 14.1. The molecule has 0 unspecified atom stereocenters. The van der Waals surface area contributed by atoms with Crippen molar-refractivity contribution in [2.24, 2.45) is 0 Å². The Kier molecular flexibility index (Phi) is 4.28. The van der Waals surface area contributed by atoms with Crippen LogP contribution in [0.5, 0.6) is 0 Å². The lowest BCUT2D eigenvalue weighted by Crippen LogP contribution is -2.05. The molecular formula is C22H22N4O. The van der Waals surface area contributed by atoms with Crippen LogP contribution in [0.4, 0.5) is 11.5 Å². The number of aromatic nitrogens is 2. The van der Waals surface area contributed by atoms with Crippen molar-refractivity contribution in [2.75, 3.05) is 10.6 Å². The normalized spacial score (nSPS) is 14.3. The molecule has 3 aromatic rings. The summed E-state index contributed by atoms with van der Waals surface area (Å²) in [5.74, 6) is 0.658. The third kappa shape index (κ3) is 3.36. The Morgan fingerprint density at radius 3 is 2.78 bits per heavy atom. The van der Waals surface area contributed by atoms with Crippen molar-refractivity contribution in [3.05, 3.63) is 82.2 Å². The lowest BCUT2D eigenvalue weighted by molar-refractivity contribution is -0.110. The van der Waals surface area contributed by atoms with Crippen molar-refractivity contribution in [2.45, 2.75) is 27.2 Å². The van der Waals surface area contributed by atoms with Gasteiger partial charge in [0.15, 0.2) is 0 Å². The van der Waals surface area contributed by atoms with Crippen LogP contribution >= 0.6 is 0 Å². The topological polar surface area (TPSA) is 69.8 Å². The SMILES string of the molecule is Cc1cc(C)c(C)c(Cc2cc(N/C=C3/C(=O)Nc4ccccc43)[nH]n2)c1. The Hall–Kier alpha value is -3.34. The molecule has 0 atom stereocenters. The van der Waals surface area contributed by atoms with Gasteiger partial charge >= 0.3 is 0 Å². The van der Waals surface area contributed by atoms with Gasteiger partial charge in [0.1, 0.15) is 5.82 Å². The third-order valence-electron chi connectivity index (χ3n) is 5.00. The zero-order valence-corrected chi connectivity index (χ0v) is 15.7. The highest BCUT2D eigenvalue weighted by molar-refractivity contribution is 6.31. The van der Waals surface area contributed by atoms with Crippen molar-refractivity contribution in [1.82, 2.24) is 10.2 Å². The molecule has 2 aromatic carbocycles. The minimum atomic E-state index is -0.103. The molecule has 0 fully saturated rings. The van der Waals surface area contributed by atoms with E-state index >= 15 is 0 Å². The van der Waals surface area contributed by atoms with Gasteiger partial charge in [0, 0.05) is 29.9 Å². The van der Waals surface area contributed by atoms with Gasteiger partial charge in [-0.05, 0) is 43.5 Å². The minimum Gasteiger partial charge on any atom is -0.346 e. The number of hydrogen-bond acceptors (Lipinski definition) is 3. The van der Waals surface area contributed by atoms with Crippen LogP contribution in [0, 0.1) is 20.8 Å². The third-order valence-corrected chi connectivity index (χ3v) is 5.00. The van der Waals surface area contributed by atoms with E-state index in [1.54, 1.807) is 6.20 Å². The van der Waals surface area contributed by atoms with Gasteiger partial charge in [0.05, 0.1) is 11.3 Å². The van der Waals surface area contributed by atoms with Crippen LogP contribution in [0.25, 0.3) is 5.57 Å². The highest BCUT2D eigenvalue weighted by Crippen LogP contribution is 2.31. The first-order chi connectivity index (χ1) is 13.0. The molecule has 2 heterocycles. The fraction of sp³-hybridized carbons (Fsp3) is 0.182. The average Bonchev–Trinajstić information content (AvgIpc) is 3.20. The number of para-hydroxylation sites is 1. The van der Waals surface area contributed by atoms with Crippen molar-refractivity contribution < 1.29 is 4.79 Å². The second-order valence-electron chi connectivity index (χ2n) is 7.02. The van der Waals surface area contributed by atoms with Crippen LogP contribution in [0.3, 0.4) is 0 Å². The highest BCUT2D eigenvalue weighted by Gasteiger charge is 2.23. The number of benzene rings is 2. The van der Waals surface area contributed by atoms with Gasteiger partial charge in [0.2, 0.25) is 0 Å². The molecular weight excluding hydrogens is 336 g/mol. The molecule has 5 heteroatoms. The average molecular weight is 358 g/mol. The molecule has 1 amide bonds. The van der Waals surface area contributed by atoms with Gasteiger partial charge in [-0.25, -0.2) is 0 Å². The molecule has 0 aliphatic carbocycles. The van der Waals surface area contributed by atoms with E-state index in [-0.39, 0.29) is 5.91 Å². The monoisotopic (exact) mass is 358 g/mol. The second-order valence-corrected chi connectivity index (χ2v) is 7.02. The summed E-state index contributed by atoms with van der Waals surface area (Å²) >= 11 is 0. The van der Waals surface area contributed by atoms with Crippen LogP contribution in [0.2, 0.25) is 0 Å². The van der Waals surface area contributed by atoms with Gasteiger partial charge < -0.3 is 10.6 Å². The molecule has 1 aromatic heterocycles. The first kappa shape index (κ1) is 17.1. The standard InChI is InChI=1S/C22H22N4O/c1-13-8-14(2)15(3)16(9-13)10-17-11-21(26-25-17)23-12-19-18-6-4-5-7-20(18)24-22(19)27/h4-9,11-12H,10H2,1-3H3,(H,24,27)(H2,23,25,26)/b19-12+. The molecule has 5 nitrogen and oxygen atoms in total. The number of anilines is 2. The van der Waals surface area contributed by atoms with Crippen molar-refractivity contribution in [1.29, 1.82) is 0 Å². The maximum Gasteiger partial charge on any atom is 0.257 e. The summed E-state index contributed by atoms with van der Waals surface area (Å²) in [5.41, 5.74) is 8.47. The largest absolute Gasteiger partial charge is 0.346 e. The van der Waals surface area contributed by atoms with Crippen molar-refractivity contribution in [3.63, 3.8) is 0 Å². The maximum atomic E-state index is 12.2. The van der Waals surface area contributed by atoms with Gasteiger partial charge in [0.25, 0.3) is 5.91 Å². The van der Waals surface area contributed by atoms with Gasteiger partial charge in [-0.15, -0.1) is 0 Å². The number of aromatic amines is 1. The predicted octanol–water partition coefficient (Wildman–Crippen LogP) is 4.33. The number of carbonyl (C=O) groups is 1. The smallest absolute Gasteiger partial charge is 0.257 e. The molecule has 0 bridgehead atoms. The van der Waals surface area contributed by atoms with Gasteiger partial charge in [-0.2, -0.15) is 5.10 Å². The Bertz CT molecular complexity index is 1060. The van der Waals surface area contributed by atoms with Gasteiger partial charge in [-0.3, -0.25) is 9.89 Å². The Labute approximate surface area is 158 Å². The Morgan fingerprint density at radius 2 is 1.93 bits per heavy atom. The van der Waals surface area contributed by atoms with E-state index in [4.69, 9.17) is 0 Å². The van der Waals surface area contributed by atoms with Crippen LogP contribution in [0.15, 0.2) is 48.7 Å². The second kappa shape index (κ2) is 6.76. The summed E-state index contributed by atoms with van der Waals surface area (Å²) in [6.07, 6.45) is 2.49. The quantitative estimate of drug-likeness (QED) is 0.608. The Balaban J connectivity index is 1.52. The van der Waals surface area contributed by atoms with Gasteiger partial charge in [-0.1, -0.05) is 35.9 Å². The molecule has 27 heavy (non-hydrogen) atoms.